The Kier molecular flexibility index (Phi) is 6.38. The fraction of sp³-hybridized carbons (Fsp3) is 0.652. The van der Waals surface area contributed by atoms with Crippen LogP contribution in [0.3, 0.4) is 0 Å². The summed E-state index contributed by atoms with van der Waals surface area (Å²) in [6.07, 6.45) is 7.60. The first kappa shape index (κ1) is 20.2. The van der Waals surface area contributed by atoms with Crippen molar-refractivity contribution in [2.45, 2.75) is 62.9 Å². The molecule has 3 amide bonds. The zero-order chi connectivity index (χ0) is 20.2. The molecule has 2 aliphatic heterocycles. The number of piperidine rings is 1. The highest BCUT2D eigenvalue weighted by Crippen LogP contribution is 2.39. The van der Waals surface area contributed by atoms with Crippen molar-refractivity contribution >= 4 is 11.9 Å². The van der Waals surface area contributed by atoms with Crippen LogP contribution in [0.1, 0.15) is 55.6 Å². The van der Waals surface area contributed by atoms with E-state index in [1.54, 1.807) is 7.05 Å². The van der Waals surface area contributed by atoms with Crippen molar-refractivity contribution in [2.24, 2.45) is 0 Å². The number of carbonyl (C=O) groups is 2. The minimum absolute atomic E-state index is 0.0557. The lowest BCUT2D eigenvalue weighted by molar-refractivity contribution is -0.122. The molecule has 158 valence electrons. The maximum Gasteiger partial charge on any atom is 0.317 e. The molecule has 2 fully saturated rings. The molecule has 0 radical (unpaired) electrons. The highest BCUT2D eigenvalue weighted by atomic mass is 16.2. The molecule has 0 saturated carbocycles. The third kappa shape index (κ3) is 4.58. The van der Waals surface area contributed by atoms with Gasteiger partial charge in [-0.2, -0.15) is 0 Å². The van der Waals surface area contributed by atoms with Crippen LogP contribution in [0.4, 0.5) is 4.79 Å². The van der Waals surface area contributed by atoms with E-state index in [0.717, 1.165) is 45.3 Å². The molecule has 6 nitrogen and oxygen atoms in total. The zero-order valence-corrected chi connectivity index (χ0v) is 17.5. The van der Waals surface area contributed by atoms with Gasteiger partial charge in [-0.15, -0.1) is 0 Å². The third-order valence-electron chi connectivity index (χ3n) is 7.00. The fourth-order valence-corrected chi connectivity index (χ4v) is 5.43. The first-order valence-corrected chi connectivity index (χ1v) is 11.2. The second-order valence-corrected chi connectivity index (χ2v) is 8.77. The number of likely N-dealkylation sites (N-methyl/N-ethyl adjacent to an activating group) is 1. The second kappa shape index (κ2) is 9.16. The molecule has 2 N–H and O–H groups in total. The third-order valence-corrected chi connectivity index (χ3v) is 7.00. The molecular formula is C23H34N4O2. The summed E-state index contributed by atoms with van der Waals surface area (Å²) in [5.41, 5.74) is 2.94. The molecule has 1 aromatic carbocycles. The van der Waals surface area contributed by atoms with Crippen LogP contribution in [0, 0.1) is 0 Å². The zero-order valence-electron chi connectivity index (χ0n) is 17.5. The van der Waals surface area contributed by atoms with Crippen molar-refractivity contribution < 1.29 is 9.59 Å². The van der Waals surface area contributed by atoms with Crippen LogP contribution >= 0.6 is 0 Å². The van der Waals surface area contributed by atoms with Crippen LogP contribution in [-0.4, -0.2) is 67.0 Å². The van der Waals surface area contributed by atoms with Crippen molar-refractivity contribution in [3.05, 3.63) is 35.4 Å². The molecule has 29 heavy (non-hydrogen) atoms. The average Bonchev–Trinajstić information content (AvgIpc) is 3.24. The lowest BCUT2D eigenvalue weighted by atomic mass is 9.78. The topological polar surface area (TPSA) is 64.7 Å². The minimum atomic E-state index is 0.0557. The van der Waals surface area contributed by atoms with E-state index >= 15 is 0 Å². The first-order valence-electron chi connectivity index (χ1n) is 11.2. The Balaban J connectivity index is 1.34. The van der Waals surface area contributed by atoms with Gasteiger partial charge < -0.3 is 15.5 Å². The van der Waals surface area contributed by atoms with E-state index in [4.69, 9.17) is 0 Å². The largest absolute Gasteiger partial charge is 0.358 e. The number of amides is 3. The van der Waals surface area contributed by atoms with Crippen molar-refractivity contribution in [3.8, 4) is 0 Å². The van der Waals surface area contributed by atoms with Crippen LogP contribution in [0.5, 0.6) is 0 Å². The number of carbonyl (C=O) groups excluding carboxylic acids is 2. The molecule has 3 aliphatic rings. The summed E-state index contributed by atoms with van der Waals surface area (Å²) in [5.74, 6) is 0.530. The Bertz CT molecular complexity index is 729. The maximum atomic E-state index is 13.1. The predicted octanol–water partition coefficient (Wildman–Crippen LogP) is 2.49. The summed E-state index contributed by atoms with van der Waals surface area (Å²) in [4.78, 5) is 29.0. The Morgan fingerprint density at radius 3 is 2.62 bits per heavy atom. The summed E-state index contributed by atoms with van der Waals surface area (Å²) >= 11 is 0. The van der Waals surface area contributed by atoms with Crippen molar-refractivity contribution in [1.82, 2.24) is 20.4 Å². The van der Waals surface area contributed by atoms with Gasteiger partial charge in [0.15, 0.2) is 0 Å². The van der Waals surface area contributed by atoms with Gasteiger partial charge in [0.2, 0.25) is 5.91 Å². The number of likely N-dealkylation sites (tertiary alicyclic amines) is 2. The van der Waals surface area contributed by atoms with Crippen LogP contribution in [0.25, 0.3) is 0 Å². The monoisotopic (exact) mass is 398 g/mol. The molecule has 2 heterocycles. The Labute approximate surface area is 174 Å². The van der Waals surface area contributed by atoms with Crippen LogP contribution in [0.15, 0.2) is 24.3 Å². The quantitative estimate of drug-likeness (QED) is 0.819. The van der Waals surface area contributed by atoms with Crippen molar-refractivity contribution in [1.29, 1.82) is 0 Å². The van der Waals surface area contributed by atoms with Gasteiger partial charge in [0.1, 0.15) is 0 Å². The van der Waals surface area contributed by atoms with E-state index in [1.807, 2.05) is 0 Å². The average molecular weight is 399 g/mol. The van der Waals surface area contributed by atoms with Crippen LogP contribution in [0.2, 0.25) is 0 Å². The minimum Gasteiger partial charge on any atom is -0.358 e. The van der Waals surface area contributed by atoms with Gasteiger partial charge in [-0.1, -0.05) is 24.3 Å². The number of hydrogen-bond donors (Lipinski definition) is 2. The van der Waals surface area contributed by atoms with E-state index < -0.39 is 0 Å². The first-order chi connectivity index (χ1) is 14.2. The number of fused-ring (bicyclic) bond motifs is 1. The van der Waals surface area contributed by atoms with Gasteiger partial charge in [0.25, 0.3) is 0 Å². The number of benzene rings is 1. The molecule has 0 spiro atoms. The molecule has 4 rings (SSSR count). The Morgan fingerprint density at radius 1 is 1.03 bits per heavy atom. The summed E-state index contributed by atoms with van der Waals surface area (Å²) in [6.45, 7) is 3.03. The lowest BCUT2D eigenvalue weighted by Gasteiger charge is -2.37. The molecule has 1 aliphatic carbocycles. The summed E-state index contributed by atoms with van der Waals surface area (Å²) in [6, 6.07) is 9.46. The number of aryl methyl sites for hydroxylation is 1. The van der Waals surface area contributed by atoms with Crippen molar-refractivity contribution in [3.63, 3.8) is 0 Å². The molecule has 0 bridgehead atoms. The normalized spacial score (nSPS) is 25.5. The summed E-state index contributed by atoms with van der Waals surface area (Å²) in [7, 11) is 1.67. The Morgan fingerprint density at radius 2 is 1.83 bits per heavy atom. The summed E-state index contributed by atoms with van der Waals surface area (Å²) < 4.78 is 0. The van der Waals surface area contributed by atoms with Gasteiger partial charge in [0.05, 0.1) is 6.54 Å². The molecule has 2 unspecified atom stereocenters. The highest BCUT2D eigenvalue weighted by Gasteiger charge is 2.38. The number of hydrogen-bond acceptors (Lipinski definition) is 3. The maximum absolute atomic E-state index is 13.1. The standard InChI is InChI=1S/C23H34N4O2/c1-24-22(28)16-26-14-11-18(12-15-26)25-23(29)27-13-5-10-21(27)20-9-4-7-17-6-2-3-8-19(17)20/h2-3,6,8,18,20-21H,4-5,7,9-16H2,1H3,(H,24,28)(H,25,29). The molecular weight excluding hydrogens is 364 g/mol. The Hall–Kier alpha value is -2.08. The SMILES string of the molecule is CNC(=O)CN1CCC(NC(=O)N2CCCC2C2CCCc3ccccc32)CC1. The summed E-state index contributed by atoms with van der Waals surface area (Å²) in [5, 5.41) is 5.98. The number of nitrogens with one attached hydrogen (secondary N) is 2. The van der Waals surface area contributed by atoms with Gasteiger partial charge in [0, 0.05) is 44.7 Å². The number of rotatable bonds is 4. The molecule has 0 aromatic heterocycles. The van der Waals surface area contributed by atoms with E-state index in [-0.39, 0.29) is 18.0 Å². The lowest BCUT2D eigenvalue weighted by Crippen LogP contribution is -2.52. The molecule has 1 aromatic rings. The molecule has 2 saturated heterocycles. The van der Waals surface area contributed by atoms with Crippen LogP contribution in [-0.2, 0) is 11.2 Å². The van der Waals surface area contributed by atoms with Gasteiger partial charge in [-0.05, 0) is 56.1 Å². The number of urea groups is 1. The molecule has 2 atom stereocenters. The van der Waals surface area contributed by atoms with E-state index in [1.165, 1.54) is 30.4 Å². The second-order valence-electron chi connectivity index (χ2n) is 8.77. The van der Waals surface area contributed by atoms with Gasteiger partial charge in [-0.25, -0.2) is 4.79 Å². The van der Waals surface area contributed by atoms with E-state index in [9.17, 15) is 9.59 Å². The predicted molar refractivity (Wildman–Crippen MR) is 114 cm³/mol. The molecule has 6 heteroatoms. The van der Waals surface area contributed by atoms with Crippen molar-refractivity contribution in [2.75, 3.05) is 33.2 Å². The number of nitrogens with zero attached hydrogens (tertiary/aromatic N) is 2. The van der Waals surface area contributed by atoms with Gasteiger partial charge in [-0.3, -0.25) is 9.69 Å². The highest BCUT2D eigenvalue weighted by molar-refractivity contribution is 5.77. The fourth-order valence-electron chi connectivity index (χ4n) is 5.43. The smallest absolute Gasteiger partial charge is 0.317 e. The van der Waals surface area contributed by atoms with E-state index in [0.29, 0.717) is 18.5 Å². The van der Waals surface area contributed by atoms with Crippen LogP contribution < -0.4 is 10.6 Å². The van der Waals surface area contributed by atoms with Gasteiger partial charge >= 0.3 is 6.03 Å². The van der Waals surface area contributed by atoms with E-state index in [2.05, 4.69) is 44.7 Å².